The summed E-state index contributed by atoms with van der Waals surface area (Å²) in [7, 11) is -1.22. The first-order chi connectivity index (χ1) is 11.9. The first-order valence-corrected chi connectivity index (χ1v) is 9.82. The van der Waals surface area contributed by atoms with E-state index in [0.29, 0.717) is 0 Å². The Morgan fingerprint density at radius 3 is 2.65 bits per heavy atom. The van der Waals surface area contributed by atoms with Crippen LogP contribution < -0.4 is 14.8 Å². The second-order valence-corrected chi connectivity index (χ2v) is 8.50. The van der Waals surface area contributed by atoms with Crippen LogP contribution in [0, 0.1) is 0 Å². The molecule has 0 amide bonds. The minimum atomic E-state index is -3.82. The smallest absolute Gasteiger partial charge is 0.348 e. The molecule has 10 heteroatoms. The molecule has 0 unspecified atom stereocenters. The summed E-state index contributed by atoms with van der Waals surface area (Å²) < 4.78 is 37.4. The zero-order chi connectivity index (χ0) is 18.0. The largest absolute Gasteiger partial charge is 0.494 e. The molecule has 1 aliphatic rings. The van der Waals surface area contributed by atoms with Gasteiger partial charge in [0.1, 0.15) is 4.88 Å². The van der Waals surface area contributed by atoms with Crippen LogP contribution >= 0.6 is 23.7 Å². The summed E-state index contributed by atoms with van der Waals surface area (Å²) in [5.74, 6) is -0.480. The molecular formula is C16H19ClN2O5S2. The lowest BCUT2D eigenvalue weighted by Gasteiger charge is -2.08. The molecule has 1 aromatic carbocycles. The summed E-state index contributed by atoms with van der Waals surface area (Å²) in [5, 5.41) is 3.25. The molecule has 2 aromatic rings. The molecule has 1 aliphatic heterocycles. The average molecular weight is 419 g/mol. The molecule has 0 radical (unpaired) electrons. The van der Waals surface area contributed by atoms with Crippen molar-refractivity contribution in [3.05, 3.63) is 45.8 Å². The number of nitrogens with one attached hydrogen (secondary N) is 2. The van der Waals surface area contributed by atoms with E-state index in [4.69, 9.17) is 4.74 Å². The number of methoxy groups -OCH3 is 2. The maximum atomic E-state index is 12.6. The highest BCUT2D eigenvalue weighted by Crippen LogP contribution is 2.34. The lowest BCUT2D eigenvalue weighted by Crippen LogP contribution is -2.22. The van der Waals surface area contributed by atoms with Crippen molar-refractivity contribution >= 4 is 39.7 Å². The van der Waals surface area contributed by atoms with Crippen LogP contribution in [0.3, 0.4) is 0 Å². The van der Waals surface area contributed by atoms with Gasteiger partial charge >= 0.3 is 5.97 Å². The van der Waals surface area contributed by atoms with Crippen molar-refractivity contribution in [1.29, 1.82) is 0 Å². The maximum absolute atomic E-state index is 12.6. The Morgan fingerprint density at radius 1 is 1.23 bits per heavy atom. The monoisotopic (exact) mass is 418 g/mol. The van der Waals surface area contributed by atoms with Crippen molar-refractivity contribution in [2.45, 2.75) is 23.8 Å². The van der Waals surface area contributed by atoms with Crippen LogP contribution in [-0.4, -0.2) is 28.6 Å². The van der Waals surface area contributed by atoms with Crippen LogP contribution in [0.5, 0.6) is 5.75 Å². The zero-order valence-electron chi connectivity index (χ0n) is 14.2. The third kappa shape index (κ3) is 4.18. The predicted molar refractivity (Wildman–Crippen MR) is 100 cm³/mol. The molecule has 0 saturated carbocycles. The fraction of sp³-hybridized carbons (Fsp3) is 0.312. The van der Waals surface area contributed by atoms with Gasteiger partial charge in [-0.25, -0.2) is 17.9 Å². The van der Waals surface area contributed by atoms with Gasteiger partial charge in [-0.2, -0.15) is 0 Å². The number of carbonyl (C=O) groups is 1. The molecule has 7 nitrogen and oxygen atoms in total. The topological polar surface area (TPSA) is 93.7 Å². The highest BCUT2D eigenvalue weighted by molar-refractivity contribution is 7.91. The van der Waals surface area contributed by atoms with E-state index in [1.807, 2.05) is 18.2 Å². The number of halogens is 1. The standard InChI is InChI=1S/C16H18N2O5S2.ClH/c1-22-13-6-14(15(19)23-2)24-16(13)25(20,21)18-7-10-3-4-11-8-17-9-12(11)5-10;/h3-6,17-18H,7-9H2,1-2H3;1H. The summed E-state index contributed by atoms with van der Waals surface area (Å²) in [6.45, 7) is 1.78. The van der Waals surface area contributed by atoms with Gasteiger partial charge < -0.3 is 14.8 Å². The first kappa shape index (κ1) is 20.7. The third-order valence-electron chi connectivity index (χ3n) is 3.88. The number of fused-ring (bicyclic) bond motifs is 1. The number of carbonyl (C=O) groups excluding carboxylic acids is 1. The van der Waals surface area contributed by atoms with Crippen molar-refractivity contribution in [3.8, 4) is 5.75 Å². The number of hydrogen-bond acceptors (Lipinski definition) is 7. The fourth-order valence-electron chi connectivity index (χ4n) is 2.59. The highest BCUT2D eigenvalue weighted by Gasteiger charge is 2.26. The van der Waals surface area contributed by atoms with Gasteiger partial charge in [0, 0.05) is 25.7 Å². The third-order valence-corrected chi connectivity index (χ3v) is 6.90. The van der Waals surface area contributed by atoms with Crippen LogP contribution in [0.15, 0.2) is 28.5 Å². The molecule has 142 valence electrons. The minimum absolute atomic E-state index is 0. The lowest BCUT2D eigenvalue weighted by atomic mass is 10.1. The minimum Gasteiger partial charge on any atom is -0.494 e. The molecule has 0 bridgehead atoms. The molecule has 0 saturated heterocycles. The molecule has 0 spiro atoms. The van der Waals surface area contributed by atoms with Gasteiger partial charge in [0.25, 0.3) is 10.0 Å². The summed E-state index contributed by atoms with van der Waals surface area (Å²) in [4.78, 5) is 11.8. The van der Waals surface area contributed by atoms with E-state index in [2.05, 4.69) is 14.8 Å². The van der Waals surface area contributed by atoms with Crippen LogP contribution in [0.4, 0.5) is 0 Å². The summed E-state index contributed by atoms with van der Waals surface area (Å²) in [6, 6.07) is 7.26. The fourth-order valence-corrected chi connectivity index (χ4v) is 5.15. The summed E-state index contributed by atoms with van der Waals surface area (Å²) >= 11 is 0.819. The van der Waals surface area contributed by atoms with E-state index in [1.54, 1.807) is 0 Å². The Kier molecular flexibility index (Phi) is 6.64. The van der Waals surface area contributed by atoms with Crippen molar-refractivity contribution in [3.63, 3.8) is 0 Å². The second kappa shape index (κ2) is 8.36. The van der Waals surface area contributed by atoms with Crippen molar-refractivity contribution < 1.29 is 22.7 Å². The van der Waals surface area contributed by atoms with Gasteiger partial charge in [0.2, 0.25) is 0 Å². The maximum Gasteiger partial charge on any atom is 0.348 e. The summed E-state index contributed by atoms with van der Waals surface area (Å²) in [6.07, 6.45) is 0. The van der Waals surface area contributed by atoms with Gasteiger partial charge in [0.15, 0.2) is 9.96 Å². The van der Waals surface area contributed by atoms with Crippen molar-refractivity contribution in [1.82, 2.24) is 10.0 Å². The highest BCUT2D eigenvalue weighted by atomic mass is 35.5. The average Bonchev–Trinajstić information content (AvgIpc) is 3.25. The Hall–Kier alpha value is -1.65. The van der Waals surface area contributed by atoms with Gasteiger partial charge in [-0.3, -0.25) is 0 Å². The van der Waals surface area contributed by atoms with Gasteiger partial charge in [-0.15, -0.1) is 23.7 Å². The Balaban J connectivity index is 0.00000243. The molecule has 2 heterocycles. The molecule has 0 atom stereocenters. The van der Waals surface area contributed by atoms with Gasteiger partial charge in [-0.05, 0) is 16.7 Å². The van der Waals surface area contributed by atoms with Gasteiger partial charge in [-0.1, -0.05) is 18.2 Å². The van der Waals surface area contributed by atoms with Gasteiger partial charge in [0.05, 0.1) is 14.2 Å². The Labute approximate surface area is 162 Å². The van der Waals surface area contributed by atoms with E-state index in [-0.39, 0.29) is 33.8 Å². The SMILES string of the molecule is COC(=O)c1cc(OC)c(S(=O)(=O)NCc2ccc3c(c2)CNC3)s1.Cl. The Morgan fingerprint density at radius 2 is 1.96 bits per heavy atom. The van der Waals surface area contributed by atoms with E-state index in [1.165, 1.54) is 31.4 Å². The summed E-state index contributed by atoms with van der Waals surface area (Å²) in [5.41, 5.74) is 3.28. The van der Waals surface area contributed by atoms with Crippen molar-refractivity contribution in [2.24, 2.45) is 0 Å². The molecule has 2 N–H and O–H groups in total. The molecular weight excluding hydrogens is 400 g/mol. The Bertz CT molecular complexity index is 911. The van der Waals surface area contributed by atoms with E-state index >= 15 is 0 Å². The quantitative estimate of drug-likeness (QED) is 0.697. The molecule has 3 rings (SSSR count). The van der Waals surface area contributed by atoms with E-state index in [9.17, 15) is 13.2 Å². The molecule has 1 aromatic heterocycles. The predicted octanol–water partition coefficient (Wildman–Crippen LogP) is 2.05. The normalized spacial score (nSPS) is 13.0. The number of esters is 1. The van der Waals surface area contributed by atoms with Crippen LogP contribution in [-0.2, 0) is 34.4 Å². The second-order valence-electron chi connectivity index (χ2n) is 5.49. The number of hydrogen-bond donors (Lipinski definition) is 2. The number of sulfonamides is 1. The number of rotatable bonds is 6. The van der Waals surface area contributed by atoms with Crippen LogP contribution in [0.25, 0.3) is 0 Å². The number of thiophene rings is 1. The molecule has 26 heavy (non-hydrogen) atoms. The van der Waals surface area contributed by atoms with E-state index in [0.717, 1.165) is 30.0 Å². The van der Waals surface area contributed by atoms with Crippen molar-refractivity contribution in [2.75, 3.05) is 14.2 Å². The first-order valence-electron chi connectivity index (χ1n) is 7.52. The molecule has 0 fully saturated rings. The molecule has 0 aliphatic carbocycles. The lowest BCUT2D eigenvalue weighted by molar-refractivity contribution is 0.0606. The number of benzene rings is 1. The van der Waals surface area contributed by atoms with Crippen LogP contribution in [0.2, 0.25) is 0 Å². The van der Waals surface area contributed by atoms with E-state index < -0.39 is 16.0 Å². The van der Waals surface area contributed by atoms with Crippen LogP contribution in [0.1, 0.15) is 26.4 Å². The number of ether oxygens (including phenoxy) is 2. The zero-order valence-corrected chi connectivity index (χ0v) is 16.6.